The number of aliphatic hydroxyl groups is 1. The third-order valence-corrected chi connectivity index (χ3v) is 3.73. The van der Waals surface area contributed by atoms with E-state index in [1.807, 2.05) is 0 Å². The number of hydrogen-bond donors (Lipinski definition) is 1. The number of ether oxygens (including phenoxy) is 1. The quantitative estimate of drug-likeness (QED) is 0.659. The summed E-state index contributed by atoms with van der Waals surface area (Å²) in [6.45, 7) is 1.63. The van der Waals surface area contributed by atoms with E-state index in [1.54, 1.807) is 45.3 Å². The summed E-state index contributed by atoms with van der Waals surface area (Å²) < 4.78 is 5.65. The maximum atomic E-state index is 12.0. The molecule has 2 atom stereocenters. The van der Waals surface area contributed by atoms with Crippen molar-refractivity contribution in [3.63, 3.8) is 0 Å². The molecular weight excluding hydrogens is 312 g/mol. The van der Waals surface area contributed by atoms with Gasteiger partial charge in [-0.1, -0.05) is 6.07 Å². The first-order chi connectivity index (χ1) is 11.3. The van der Waals surface area contributed by atoms with Crippen molar-refractivity contribution in [3.05, 3.63) is 63.6 Å². The second-order valence-corrected chi connectivity index (χ2v) is 5.85. The average Bonchev–Trinajstić information content (AvgIpc) is 2.53. The Balaban J connectivity index is 2.30. The SMILES string of the molecule is CC(O)C1C=C(Oc2cccc(C(=O)N(C)C)c2)C([N+](=O)[O-])=CC1. The third-order valence-electron chi connectivity index (χ3n) is 3.73. The van der Waals surface area contributed by atoms with Crippen LogP contribution >= 0.6 is 0 Å². The number of rotatable bonds is 5. The predicted molar refractivity (Wildman–Crippen MR) is 88.0 cm³/mol. The number of carbonyl (C=O) groups excluding carboxylic acids is 1. The molecule has 0 bridgehead atoms. The predicted octanol–water partition coefficient (Wildman–Crippen LogP) is 2.21. The molecule has 7 heteroatoms. The minimum atomic E-state index is -0.644. The first-order valence-corrected chi connectivity index (χ1v) is 7.54. The molecule has 7 nitrogen and oxygen atoms in total. The van der Waals surface area contributed by atoms with Gasteiger partial charge in [0.05, 0.1) is 11.0 Å². The van der Waals surface area contributed by atoms with Crippen LogP contribution in [0.2, 0.25) is 0 Å². The van der Waals surface area contributed by atoms with Gasteiger partial charge in [0, 0.05) is 25.6 Å². The maximum Gasteiger partial charge on any atom is 0.307 e. The summed E-state index contributed by atoms with van der Waals surface area (Å²) in [4.78, 5) is 24.1. The van der Waals surface area contributed by atoms with Crippen LogP contribution in [0.5, 0.6) is 5.75 Å². The maximum absolute atomic E-state index is 12.0. The molecule has 0 aromatic heterocycles. The lowest BCUT2D eigenvalue weighted by molar-refractivity contribution is -0.424. The molecule has 0 fully saturated rings. The second kappa shape index (κ2) is 7.27. The summed E-state index contributed by atoms with van der Waals surface area (Å²) in [6.07, 6.45) is 2.74. The highest BCUT2D eigenvalue weighted by Crippen LogP contribution is 2.28. The summed E-state index contributed by atoms with van der Waals surface area (Å²) in [5.41, 5.74) is 0.281. The molecule has 0 radical (unpaired) electrons. The van der Waals surface area contributed by atoms with Gasteiger partial charge in [0.2, 0.25) is 5.76 Å². The molecular formula is C17H20N2O5. The summed E-state index contributed by atoms with van der Waals surface area (Å²) >= 11 is 0. The molecule has 2 rings (SSSR count). The highest BCUT2D eigenvalue weighted by atomic mass is 16.6. The number of nitro groups is 1. The molecule has 0 aliphatic heterocycles. The fourth-order valence-electron chi connectivity index (χ4n) is 2.36. The van der Waals surface area contributed by atoms with Gasteiger partial charge in [0.15, 0.2) is 0 Å². The first kappa shape index (κ1) is 17.7. The van der Waals surface area contributed by atoms with Crippen molar-refractivity contribution in [1.29, 1.82) is 0 Å². The molecule has 0 heterocycles. The van der Waals surface area contributed by atoms with Crippen LogP contribution < -0.4 is 4.74 Å². The Morgan fingerprint density at radius 3 is 2.75 bits per heavy atom. The molecule has 2 unspecified atom stereocenters. The zero-order valence-corrected chi connectivity index (χ0v) is 13.8. The van der Waals surface area contributed by atoms with Crippen molar-refractivity contribution in [1.82, 2.24) is 4.90 Å². The van der Waals surface area contributed by atoms with E-state index < -0.39 is 11.0 Å². The Hall–Kier alpha value is -2.67. The van der Waals surface area contributed by atoms with Crippen LogP contribution in [-0.2, 0) is 0 Å². The molecule has 24 heavy (non-hydrogen) atoms. The van der Waals surface area contributed by atoms with Crippen molar-refractivity contribution >= 4 is 5.91 Å². The van der Waals surface area contributed by atoms with E-state index in [1.165, 1.54) is 17.0 Å². The van der Waals surface area contributed by atoms with Gasteiger partial charge < -0.3 is 14.7 Å². The Morgan fingerprint density at radius 2 is 2.17 bits per heavy atom. The highest BCUT2D eigenvalue weighted by molar-refractivity contribution is 5.94. The van der Waals surface area contributed by atoms with Crippen molar-refractivity contribution in [3.8, 4) is 5.75 Å². The molecule has 0 saturated heterocycles. The molecule has 1 aliphatic rings. The molecule has 128 valence electrons. The smallest absolute Gasteiger partial charge is 0.307 e. The number of allylic oxidation sites excluding steroid dienone is 1. The van der Waals surface area contributed by atoms with Crippen molar-refractivity contribution in [2.45, 2.75) is 19.4 Å². The largest absolute Gasteiger partial charge is 0.450 e. The van der Waals surface area contributed by atoms with Crippen LogP contribution in [0, 0.1) is 16.0 Å². The van der Waals surface area contributed by atoms with E-state index in [9.17, 15) is 20.0 Å². The number of hydrogen-bond acceptors (Lipinski definition) is 5. The van der Waals surface area contributed by atoms with Crippen LogP contribution in [0.3, 0.4) is 0 Å². The summed E-state index contributed by atoms with van der Waals surface area (Å²) in [5, 5.41) is 20.9. The van der Waals surface area contributed by atoms with E-state index in [4.69, 9.17) is 4.74 Å². The standard InChI is InChI=1S/C17H20N2O5/c1-11(20)12-7-8-15(19(22)23)16(10-12)24-14-6-4-5-13(9-14)17(21)18(2)3/h4-6,8-12,20H,7H2,1-3H3. The Morgan fingerprint density at radius 1 is 1.46 bits per heavy atom. The Kier molecular flexibility index (Phi) is 5.35. The van der Waals surface area contributed by atoms with Crippen LogP contribution in [0.4, 0.5) is 0 Å². The zero-order valence-electron chi connectivity index (χ0n) is 13.8. The average molecular weight is 332 g/mol. The van der Waals surface area contributed by atoms with Gasteiger partial charge in [0.25, 0.3) is 5.91 Å². The molecule has 1 aromatic rings. The summed E-state index contributed by atoms with van der Waals surface area (Å²) in [6, 6.07) is 6.45. The lowest BCUT2D eigenvalue weighted by Crippen LogP contribution is -2.22. The number of amides is 1. The highest BCUT2D eigenvalue weighted by Gasteiger charge is 2.28. The minimum Gasteiger partial charge on any atom is -0.450 e. The lowest BCUT2D eigenvalue weighted by Gasteiger charge is -2.20. The third kappa shape index (κ3) is 3.99. The second-order valence-electron chi connectivity index (χ2n) is 5.85. The van der Waals surface area contributed by atoms with Crippen molar-refractivity contribution < 1.29 is 19.6 Å². The summed E-state index contributed by atoms with van der Waals surface area (Å²) in [5.74, 6) is -0.0418. The van der Waals surface area contributed by atoms with Crippen LogP contribution in [-0.4, -0.2) is 41.0 Å². The van der Waals surface area contributed by atoms with Crippen LogP contribution in [0.1, 0.15) is 23.7 Å². The molecule has 1 aromatic carbocycles. The Bertz CT molecular complexity index is 707. The molecule has 1 amide bonds. The van der Waals surface area contributed by atoms with Gasteiger partial charge in [-0.15, -0.1) is 0 Å². The zero-order chi connectivity index (χ0) is 17.9. The van der Waals surface area contributed by atoms with Crippen LogP contribution in [0.15, 0.2) is 47.9 Å². The molecule has 0 saturated carbocycles. The van der Waals surface area contributed by atoms with Gasteiger partial charge in [-0.2, -0.15) is 0 Å². The van der Waals surface area contributed by atoms with Crippen molar-refractivity contribution in [2.24, 2.45) is 5.92 Å². The number of aliphatic hydroxyl groups excluding tert-OH is 1. The number of benzene rings is 1. The molecule has 1 aliphatic carbocycles. The fourth-order valence-corrected chi connectivity index (χ4v) is 2.36. The van der Waals surface area contributed by atoms with Gasteiger partial charge in [-0.3, -0.25) is 14.9 Å². The fraction of sp³-hybridized carbons (Fsp3) is 0.353. The van der Waals surface area contributed by atoms with E-state index >= 15 is 0 Å². The molecule has 0 spiro atoms. The van der Waals surface area contributed by atoms with E-state index in [0.29, 0.717) is 17.7 Å². The normalized spacial score (nSPS) is 18.2. The van der Waals surface area contributed by atoms with E-state index in [2.05, 4.69) is 0 Å². The number of nitrogens with zero attached hydrogens (tertiary/aromatic N) is 2. The topological polar surface area (TPSA) is 92.9 Å². The van der Waals surface area contributed by atoms with Crippen molar-refractivity contribution in [2.75, 3.05) is 14.1 Å². The summed E-state index contributed by atoms with van der Waals surface area (Å²) in [7, 11) is 3.28. The number of carbonyl (C=O) groups is 1. The minimum absolute atomic E-state index is 0.0756. The first-order valence-electron chi connectivity index (χ1n) is 7.54. The monoisotopic (exact) mass is 332 g/mol. The Labute approximate surface area is 140 Å². The van der Waals surface area contributed by atoms with Gasteiger partial charge in [0.1, 0.15) is 5.75 Å². The molecule has 1 N–H and O–H groups in total. The van der Waals surface area contributed by atoms with E-state index in [-0.39, 0.29) is 23.3 Å². The van der Waals surface area contributed by atoms with E-state index in [0.717, 1.165) is 0 Å². The van der Waals surface area contributed by atoms with Gasteiger partial charge in [-0.05, 0) is 43.7 Å². The van der Waals surface area contributed by atoms with Gasteiger partial charge in [-0.25, -0.2) is 0 Å². The lowest BCUT2D eigenvalue weighted by atomic mass is 9.94. The van der Waals surface area contributed by atoms with Gasteiger partial charge >= 0.3 is 5.70 Å². The van der Waals surface area contributed by atoms with Crippen LogP contribution in [0.25, 0.3) is 0 Å².